The Morgan fingerprint density at radius 1 is 1.00 bits per heavy atom. The van der Waals surface area contributed by atoms with Gasteiger partial charge in [-0.3, -0.25) is 9.59 Å². The Morgan fingerprint density at radius 2 is 1.86 bits per heavy atom. The maximum atomic E-state index is 12.5. The van der Waals surface area contributed by atoms with E-state index in [-0.39, 0.29) is 24.6 Å². The second kappa shape index (κ2) is 8.26. The molecule has 0 saturated heterocycles. The lowest BCUT2D eigenvalue weighted by Gasteiger charge is -2.09. The Kier molecular flexibility index (Phi) is 5.19. The average molecular weight is 387 g/mol. The molecule has 1 amide bonds. The zero-order valence-corrected chi connectivity index (χ0v) is 15.3. The smallest absolute Gasteiger partial charge is 0.266 e. The van der Waals surface area contributed by atoms with E-state index in [1.165, 1.54) is 21.8 Å². The fraction of sp³-hybridized carbons (Fsp3) is 0.100. The standard InChI is InChI=1S/C20H17N7O2/c28-19-10-9-18(15-5-2-1-3-6-15)23-26(19)12-11-21-20(29)16-7-4-8-17(13-16)27-14-22-24-25-27/h1-10,13-14H,11-12H2,(H,21,29). The summed E-state index contributed by atoms with van der Waals surface area (Å²) in [5.41, 5.74) is 2.54. The second-order valence-corrected chi connectivity index (χ2v) is 6.21. The first kappa shape index (κ1) is 18.2. The minimum absolute atomic E-state index is 0.223. The molecule has 2 heterocycles. The van der Waals surface area contributed by atoms with Crippen LogP contribution in [0.15, 0.2) is 77.9 Å². The maximum absolute atomic E-state index is 12.5. The normalized spacial score (nSPS) is 10.6. The summed E-state index contributed by atoms with van der Waals surface area (Å²) >= 11 is 0. The fourth-order valence-corrected chi connectivity index (χ4v) is 2.82. The van der Waals surface area contributed by atoms with Crippen LogP contribution in [0.1, 0.15) is 10.4 Å². The number of hydrogen-bond acceptors (Lipinski definition) is 6. The molecule has 0 spiro atoms. The molecule has 1 N–H and O–H groups in total. The summed E-state index contributed by atoms with van der Waals surface area (Å²) in [4.78, 5) is 24.5. The Balaban J connectivity index is 1.42. The van der Waals surface area contributed by atoms with Crippen molar-refractivity contribution in [2.45, 2.75) is 6.54 Å². The van der Waals surface area contributed by atoms with Gasteiger partial charge in [0, 0.05) is 23.7 Å². The molecular weight excluding hydrogens is 370 g/mol. The topological polar surface area (TPSA) is 108 Å². The van der Waals surface area contributed by atoms with Crippen molar-refractivity contribution in [1.82, 2.24) is 35.3 Å². The Hall–Kier alpha value is -4.14. The van der Waals surface area contributed by atoms with Crippen molar-refractivity contribution in [3.8, 4) is 16.9 Å². The van der Waals surface area contributed by atoms with Crippen molar-refractivity contribution in [1.29, 1.82) is 0 Å². The molecule has 0 bridgehead atoms. The summed E-state index contributed by atoms with van der Waals surface area (Å²) in [6, 6.07) is 19.7. The fourth-order valence-electron chi connectivity index (χ4n) is 2.82. The van der Waals surface area contributed by atoms with E-state index in [0.29, 0.717) is 16.9 Å². The van der Waals surface area contributed by atoms with Gasteiger partial charge in [-0.15, -0.1) is 5.10 Å². The number of carbonyl (C=O) groups excluding carboxylic acids is 1. The van der Waals surface area contributed by atoms with Crippen LogP contribution in [0.5, 0.6) is 0 Å². The van der Waals surface area contributed by atoms with Gasteiger partial charge in [-0.2, -0.15) is 5.10 Å². The maximum Gasteiger partial charge on any atom is 0.266 e. The Labute approximate surface area is 165 Å². The molecule has 0 unspecified atom stereocenters. The van der Waals surface area contributed by atoms with Crippen LogP contribution in [0.4, 0.5) is 0 Å². The third kappa shape index (κ3) is 4.24. The molecule has 29 heavy (non-hydrogen) atoms. The summed E-state index contributed by atoms with van der Waals surface area (Å²) in [7, 11) is 0. The lowest BCUT2D eigenvalue weighted by atomic mass is 10.1. The zero-order chi connectivity index (χ0) is 20.1. The minimum Gasteiger partial charge on any atom is -0.350 e. The van der Waals surface area contributed by atoms with Crippen LogP contribution >= 0.6 is 0 Å². The summed E-state index contributed by atoms with van der Waals surface area (Å²) in [5.74, 6) is -0.257. The number of benzene rings is 2. The van der Waals surface area contributed by atoms with E-state index in [1.54, 1.807) is 30.3 Å². The molecule has 4 aromatic rings. The van der Waals surface area contributed by atoms with Crippen LogP contribution < -0.4 is 10.9 Å². The highest BCUT2D eigenvalue weighted by Gasteiger charge is 2.08. The first-order valence-electron chi connectivity index (χ1n) is 8.96. The second-order valence-electron chi connectivity index (χ2n) is 6.21. The monoisotopic (exact) mass is 387 g/mol. The number of tetrazole rings is 1. The molecule has 0 saturated carbocycles. The Bertz CT molecular complexity index is 1170. The summed E-state index contributed by atoms with van der Waals surface area (Å²) in [6.45, 7) is 0.525. The lowest BCUT2D eigenvalue weighted by Crippen LogP contribution is -2.32. The van der Waals surface area contributed by atoms with Crippen molar-refractivity contribution >= 4 is 5.91 Å². The molecule has 144 valence electrons. The van der Waals surface area contributed by atoms with Gasteiger partial charge in [0.05, 0.1) is 17.9 Å². The van der Waals surface area contributed by atoms with Crippen molar-refractivity contribution in [2.75, 3.05) is 6.54 Å². The largest absolute Gasteiger partial charge is 0.350 e. The van der Waals surface area contributed by atoms with Gasteiger partial charge >= 0.3 is 0 Å². The number of amides is 1. The molecule has 4 rings (SSSR count). The van der Waals surface area contributed by atoms with Crippen LogP contribution in [0.25, 0.3) is 16.9 Å². The third-order valence-electron chi connectivity index (χ3n) is 4.27. The molecule has 0 atom stereocenters. The van der Waals surface area contributed by atoms with E-state index in [9.17, 15) is 9.59 Å². The van der Waals surface area contributed by atoms with Gasteiger partial charge in [0.25, 0.3) is 11.5 Å². The molecule has 0 fully saturated rings. The van der Waals surface area contributed by atoms with E-state index in [2.05, 4.69) is 25.9 Å². The van der Waals surface area contributed by atoms with E-state index < -0.39 is 0 Å². The predicted molar refractivity (Wildman–Crippen MR) is 105 cm³/mol. The summed E-state index contributed by atoms with van der Waals surface area (Å²) in [6.07, 6.45) is 1.45. The highest BCUT2D eigenvalue weighted by molar-refractivity contribution is 5.94. The number of rotatable bonds is 6. The molecule has 2 aromatic heterocycles. The molecule has 9 nitrogen and oxygen atoms in total. The molecule has 0 aliphatic rings. The first-order chi connectivity index (χ1) is 14.2. The van der Waals surface area contributed by atoms with Gasteiger partial charge in [0.1, 0.15) is 6.33 Å². The summed E-state index contributed by atoms with van der Waals surface area (Å²) in [5, 5.41) is 18.2. The van der Waals surface area contributed by atoms with Crippen molar-refractivity contribution in [3.63, 3.8) is 0 Å². The molecule has 0 radical (unpaired) electrons. The van der Waals surface area contributed by atoms with Gasteiger partial charge < -0.3 is 5.32 Å². The predicted octanol–water partition coefficient (Wildman–Crippen LogP) is 1.32. The number of carbonyl (C=O) groups is 1. The van der Waals surface area contributed by atoms with Crippen LogP contribution in [0.3, 0.4) is 0 Å². The highest BCUT2D eigenvalue weighted by Crippen LogP contribution is 2.14. The van der Waals surface area contributed by atoms with E-state index >= 15 is 0 Å². The van der Waals surface area contributed by atoms with Crippen molar-refractivity contribution in [2.24, 2.45) is 0 Å². The Morgan fingerprint density at radius 3 is 2.66 bits per heavy atom. The van der Waals surface area contributed by atoms with E-state index in [0.717, 1.165) is 5.56 Å². The molecule has 9 heteroatoms. The van der Waals surface area contributed by atoms with Gasteiger partial charge in [-0.25, -0.2) is 9.36 Å². The van der Waals surface area contributed by atoms with Gasteiger partial charge in [0.15, 0.2) is 0 Å². The van der Waals surface area contributed by atoms with Crippen LogP contribution in [0, 0.1) is 0 Å². The quantitative estimate of drug-likeness (QED) is 0.535. The number of nitrogens with zero attached hydrogens (tertiary/aromatic N) is 6. The molecule has 2 aromatic carbocycles. The van der Waals surface area contributed by atoms with E-state index in [1.807, 2.05) is 30.3 Å². The van der Waals surface area contributed by atoms with Crippen molar-refractivity contribution in [3.05, 3.63) is 89.0 Å². The molecular formula is C20H17N7O2. The average Bonchev–Trinajstić information content (AvgIpc) is 3.31. The SMILES string of the molecule is O=C(NCCn1nc(-c2ccccc2)ccc1=O)c1cccc(-n2cnnn2)c1. The van der Waals surface area contributed by atoms with Crippen molar-refractivity contribution < 1.29 is 4.79 Å². The third-order valence-corrected chi connectivity index (χ3v) is 4.27. The van der Waals surface area contributed by atoms with E-state index in [4.69, 9.17) is 0 Å². The molecule has 0 aliphatic heterocycles. The zero-order valence-electron chi connectivity index (χ0n) is 15.3. The van der Waals surface area contributed by atoms with Gasteiger partial charge in [0.2, 0.25) is 0 Å². The number of aromatic nitrogens is 6. The van der Waals surface area contributed by atoms with Crippen LogP contribution in [0.2, 0.25) is 0 Å². The highest BCUT2D eigenvalue weighted by atomic mass is 16.2. The lowest BCUT2D eigenvalue weighted by molar-refractivity contribution is 0.0951. The van der Waals surface area contributed by atoms with Gasteiger partial charge in [-0.05, 0) is 34.7 Å². The van der Waals surface area contributed by atoms with Gasteiger partial charge in [-0.1, -0.05) is 36.4 Å². The number of nitrogens with one attached hydrogen (secondary N) is 1. The minimum atomic E-state index is -0.257. The number of hydrogen-bond donors (Lipinski definition) is 1. The first-order valence-corrected chi connectivity index (χ1v) is 8.96. The van der Waals surface area contributed by atoms with Crippen LogP contribution in [-0.2, 0) is 6.54 Å². The van der Waals surface area contributed by atoms with Crippen LogP contribution in [-0.4, -0.2) is 42.4 Å². The molecule has 0 aliphatic carbocycles. The summed E-state index contributed by atoms with van der Waals surface area (Å²) < 4.78 is 2.81.